The van der Waals surface area contributed by atoms with Crippen molar-refractivity contribution in [3.05, 3.63) is 47.5 Å². The average Bonchev–Trinajstić information content (AvgIpc) is 3.43. The summed E-state index contributed by atoms with van der Waals surface area (Å²) in [7, 11) is -0.701. The summed E-state index contributed by atoms with van der Waals surface area (Å²) >= 11 is 1.55. The molecule has 1 unspecified atom stereocenters. The molecule has 1 aliphatic rings. The Hall–Kier alpha value is -1.86. The van der Waals surface area contributed by atoms with Crippen molar-refractivity contribution >= 4 is 34.8 Å². The molecule has 1 aromatic carbocycles. The van der Waals surface area contributed by atoms with Crippen molar-refractivity contribution in [2.24, 2.45) is 0 Å². The van der Waals surface area contributed by atoms with Crippen LogP contribution in [0.1, 0.15) is 36.1 Å². The van der Waals surface area contributed by atoms with Crippen LogP contribution in [-0.2, 0) is 13.6 Å². The van der Waals surface area contributed by atoms with Gasteiger partial charge >= 0.3 is 7.60 Å². The van der Waals surface area contributed by atoms with E-state index in [1.54, 1.807) is 29.1 Å². The Labute approximate surface area is 155 Å². The highest BCUT2D eigenvalue weighted by Gasteiger charge is 2.38. The summed E-state index contributed by atoms with van der Waals surface area (Å²) in [6.45, 7) is 0. The molecular weight excluding hydrogens is 371 g/mol. The first-order valence-electron chi connectivity index (χ1n) is 8.27. The maximum atomic E-state index is 13.2. The maximum Gasteiger partial charge on any atom is 0.358 e. The molecule has 1 aliphatic carbocycles. The van der Waals surface area contributed by atoms with Gasteiger partial charge in [-0.1, -0.05) is 0 Å². The number of hydrogen-bond acceptors (Lipinski definition) is 8. The highest BCUT2D eigenvalue weighted by molar-refractivity contribution is 7.54. The van der Waals surface area contributed by atoms with E-state index in [0.717, 1.165) is 34.6 Å². The predicted octanol–water partition coefficient (Wildman–Crippen LogP) is 4.56. The highest BCUT2D eigenvalue weighted by Crippen LogP contribution is 2.59. The summed E-state index contributed by atoms with van der Waals surface area (Å²) in [5.41, 5.74) is 4.12. The molecule has 0 bridgehead atoms. The van der Waals surface area contributed by atoms with Gasteiger partial charge in [0.15, 0.2) is 5.78 Å². The zero-order chi connectivity index (χ0) is 18.1. The molecule has 1 saturated carbocycles. The van der Waals surface area contributed by atoms with Crippen molar-refractivity contribution in [3.63, 3.8) is 0 Å². The zero-order valence-electron chi connectivity index (χ0n) is 14.5. The lowest BCUT2D eigenvalue weighted by molar-refractivity contribution is 0.268. The molecule has 136 valence electrons. The van der Waals surface area contributed by atoms with Crippen LogP contribution in [0.5, 0.6) is 0 Å². The van der Waals surface area contributed by atoms with Gasteiger partial charge in [0.2, 0.25) is 0 Å². The molecule has 1 N–H and O–H groups in total. The monoisotopic (exact) mass is 390 g/mol. The predicted molar refractivity (Wildman–Crippen MR) is 102 cm³/mol. The van der Waals surface area contributed by atoms with Crippen LogP contribution in [0.3, 0.4) is 0 Å². The molecule has 2 heterocycles. The number of rotatable bonds is 7. The number of nitrogens with zero attached hydrogens (tertiary/aromatic N) is 3. The van der Waals surface area contributed by atoms with E-state index in [4.69, 9.17) is 9.05 Å². The molecule has 9 heteroatoms. The van der Waals surface area contributed by atoms with Crippen molar-refractivity contribution in [2.75, 3.05) is 19.5 Å². The second-order valence-electron chi connectivity index (χ2n) is 6.10. The number of thiazole rings is 1. The van der Waals surface area contributed by atoms with Crippen LogP contribution in [0.4, 0.5) is 5.69 Å². The van der Waals surface area contributed by atoms with E-state index in [1.165, 1.54) is 14.2 Å². The molecular formula is C17H19N4O3PS. The summed E-state index contributed by atoms with van der Waals surface area (Å²) in [4.78, 5) is 13.3. The van der Waals surface area contributed by atoms with Crippen LogP contribution in [0.25, 0.3) is 10.2 Å². The standard InChI is InChI=1S/C17H19N4O3PS/c1-23-25(22,24-2)17(14-7-8-18-16(21-14)11-3-4-11)20-12-5-6-13-15(9-12)26-10-19-13/h5-11,17,20H,3-4H2,1-2H3. The lowest BCUT2D eigenvalue weighted by Crippen LogP contribution is -2.16. The number of fused-ring (bicyclic) bond motifs is 1. The van der Waals surface area contributed by atoms with Gasteiger partial charge in [-0.3, -0.25) is 4.57 Å². The van der Waals surface area contributed by atoms with Crippen LogP contribution in [-0.4, -0.2) is 29.2 Å². The third-order valence-electron chi connectivity index (χ3n) is 4.38. The fourth-order valence-electron chi connectivity index (χ4n) is 2.78. The Morgan fingerprint density at radius 2 is 2.04 bits per heavy atom. The summed E-state index contributed by atoms with van der Waals surface area (Å²) < 4.78 is 24.8. The van der Waals surface area contributed by atoms with Crippen LogP contribution in [0, 0.1) is 0 Å². The Morgan fingerprint density at radius 3 is 2.77 bits per heavy atom. The molecule has 1 fully saturated rings. The van der Waals surface area contributed by atoms with Gasteiger partial charge < -0.3 is 14.4 Å². The van der Waals surface area contributed by atoms with E-state index >= 15 is 0 Å². The fourth-order valence-corrected chi connectivity index (χ4v) is 4.84. The smallest absolute Gasteiger partial charge is 0.358 e. The van der Waals surface area contributed by atoms with E-state index in [-0.39, 0.29) is 0 Å². The topological polar surface area (TPSA) is 86.2 Å². The lowest BCUT2D eigenvalue weighted by atomic mass is 10.3. The molecule has 0 aliphatic heterocycles. The second-order valence-corrected chi connectivity index (χ2v) is 9.31. The minimum absolute atomic E-state index is 0.397. The molecule has 0 radical (unpaired) electrons. The van der Waals surface area contributed by atoms with Gasteiger partial charge in [0, 0.05) is 32.0 Å². The number of benzene rings is 1. The summed E-state index contributed by atoms with van der Waals surface area (Å²) in [5.74, 6) is 0.447. The van der Waals surface area contributed by atoms with E-state index in [9.17, 15) is 4.57 Å². The van der Waals surface area contributed by atoms with Crippen LogP contribution in [0.2, 0.25) is 0 Å². The Bertz CT molecular complexity index is 967. The van der Waals surface area contributed by atoms with E-state index in [2.05, 4.69) is 20.3 Å². The summed E-state index contributed by atoms with van der Waals surface area (Å²) in [6, 6.07) is 7.54. The first-order chi connectivity index (χ1) is 12.6. The van der Waals surface area contributed by atoms with Gasteiger partial charge in [-0.25, -0.2) is 15.0 Å². The Balaban J connectivity index is 1.72. The third kappa shape index (κ3) is 3.38. The Morgan fingerprint density at radius 1 is 1.23 bits per heavy atom. The van der Waals surface area contributed by atoms with Crippen LogP contribution >= 0.6 is 18.9 Å². The van der Waals surface area contributed by atoms with Crippen molar-refractivity contribution < 1.29 is 13.6 Å². The number of hydrogen-bond donors (Lipinski definition) is 1. The number of anilines is 1. The minimum atomic E-state index is -3.47. The maximum absolute atomic E-state index is 13.2. The molecule has 0 amide bonds. The molecule has 26 heavy (non-hydrogen) atoms. The molecule has 4 rings (SSSR count). The van der Waals surface area contributed by atoms with Gasteiger partial charge in [-0.05, 0) is 37.1 Å². The van der Waals surface area contributed by atoms with Gasteiger partial charge in [-0.15, -0.1) is 11.3 Å². The SMILES string of the molecule is COP(=O)(OC)C(Nc1ccc2ncsc2c1)c1ccnc(C2CC2)n1. The molecule has 0 spiro atoms. The molecule has 2 aromatic heterocycles. The second kappa shape index (κ2) is 7.04. The number of nitrogens with one attached hydrogen (secondary N) is 1. The Kier molecular flexibility index (Phi) is 4.75. The summed E-state index contributed by atoms with van der Waals surface area (Å²) in [6.07, 6.45) is 3.89. The number of aromatic nitrogens is 3. The molecule has 7 nitrogen and oxygen atoms in total. The van der Waals surface area contributed by atoms with Crippen LogP contribution in [0.15, 0.2) is 36.0 Å². The van der Waals surface area contributed by atoms with Crippen molar-refractivity contribution in [1.82, 2.24) is 15.0 Å². The van der Waals surface area contributed by atoms with E-state index in [0.29, 0.717) is 11.6 Å². The molecule has 3 aromatic rings. The normalized spacial score (nSPS) is 15.9. The molecule has 0 saturated heterocycles. The third-order valence-corrected chi connectivity index (χ3v) is 7.21. The van der Waals surface area contributed by atoms with Gasteiger partial charge in [0.05, 0.1) is 21.4 Å². The highest BCUT2D eigenvalue weighted by atomic mass is 32.1. The first kappa shape index (κ1) is 17.5. The minimum Gasteiger partial charge on any atom is -0.367 e. The van der Waals surface area contributed by atoms with Gasteiger partial charge in [0.25, 0.3) is 0 Å². The first-order valence-corrected chi connectivity index (χ1v) is 10.8. The van der Waals surface area contributed by atoms with Crippen molar-refractivity contribution in [3.8, 4) is 0 Å². The van der Waals surface area contributed by atoms with Gasteiger partial charge in [0.1, 0.15) is 5.82 Å². The lowest BCUT2D eigenvalue weighted by Gasteiger charge is -2.26. The molecule has 1 atom stereocenters. The van der Waals surface area contributed by atoms with Gasteiger partial charge in [-0.2, -0.15) is 0 Å². The zero-order valence-corrected chi connectivity index (χ0v) is 16.2. The van der Waals surface area contributed by atoms with Crippen molar-refractivity contribution in [1.29, 1.82) is 0 Å². The fraction of sp³-hybridized carbons (Fsp3) is 0.353. The van der Waals surface area contributed by atoms with Crippen molar-refractivity contribution in [2.45, 2.75) is 24.5 Å². The van der Waals surface area contributed by atoms with Crippen LogP contribution < -0.4 is 5.32 Å². The largest absolute Gasteiger partial charge is 0.367 e. The summed E-state index contributed by atoms with van der Waals surface area (Å²) in [5, 5.41) is 3.28. The average molecular weight is 390 g/mol. The van der Waals surface area contributed by atoms with E-state index < -0.39 is 13.4 Å². The van der Waals surface area contributed by atoms with E-state index in [1.807, 2.05) is 18.2 Å². The quantitative estimate of drug-likeness (QED) is 0.592.